The van der Waals surface area contributed by atoms with Crippen LogP contribution in [0, 0.1) is 0 Å². The molecule has 0 bridgehead atoms. The second-order valence-corrected chi connectivity index (χ2v) is 8.84. The van der Waals surface area contributed by atoms with Gasteiger partial charge in [-0.05, 0) is 54.7 Å². The summed E-state index contributed by atoms with van der Waals surface area (Å²) in [4.78, 5) is 12.7. The van der Waals surface area contributed by atoms with Crippen LogP contribution in [-0.2, 0) is 22.5 Å². The summed E-state index contributed by atoms with van der Waals surface area (Å²) in [5.74, 6) is 1.02. The summed E-state index contributed by atoms with van der Waals surface area (Å²) in [6.07, 6.45) is 3.14. The Bertz CT molecular complexity index is 1040. The summed E-state index contributed by atoms with van der Waals surface area (Å²) in [5, 5.41) is 13.2. The number of nitrogens with zero attached hydrogens (tertiary/aromatic N) is 3. The Kier molecular flexibility index (Phi) is 7.27. The predicted octanol–water partition coefficient (Wildman–Crippen LogP) is 4.53. The smallest absolute Gasteiger partial charge is 0.230 e. The molecule has 0 saturated carbocycles. The summed E-state index contributed by atoms with van der Waals surface area (Å²) in [7, 11) is 1.66. The van der Waals surface area contributed by atoms with Crippen molar-refractivity contribution in [3.63, 3.8) is 0 Å². The number of nitrogens with one attached hydrogen (secondary N) is 1. The summed E-state index contributed by atoms with van der Waals surface area (Å²) in [5.41, 5.74) is 3.49. The third-order valence-corrected chi connectivity index (χ3v) is 6.59. The van der Waals surface area contributed by atoms with E-state index in [1.807, 2.05) is 34.9 Å². The second kappa shape index (κ2) is 10.3. The summed E-state index contributed by atoms with van der Waals surface area (Å²) in [6, 6.07) is 15.9. The Morgan fingerprint density at radius 1 is 1.23 bits per heavy atom. The maximum Gasteiger partial charge on any atom is 0.230 e. The predicted molar refractivity (Wildman–Crippen MR) is 123 cm³/mol. The minimum Gasteiger partial charge on any atom is -0.383 e. The van der Waals surface area contributed by atoms with Crippen LogP contribution in [0.15, 0.2) is 53.7 Å². The van der Waals surface area contributed by atoms with Crippen LogP contribution in [-0.4, -0.2) is 40.1 Å². The van der Waals surface area contributed by atoms with Gasteiger partial charge in [0.2, 0.25) is 5.91 Å². The number of benzene rings is 2. The molecule has 3 aromatic rings. The number of rotatable bonds is 8. The molecule has 0 unspecified atom stereocenters. The van der Waals surface area contributed by atoms with Gasteiger partial charge in [0, 0.05) is 17.7 Å². The summed E-state index contributed by atoms with van der Waals surface area (Å²) < 4.78 is 7.24. The van der Waals surface area contributed by atoms with Gasteiger partial charge in [-0.3, -0.25) is 9.36 Å². The van der Waals surface area contributed by atoms with Crippen LogP contribution in [0.25, 0.3) is 11.4 Å². The number of carbonyl (C=O) groups excluding carboxylic acids is 1. The lowest BCUT2D eigenvalue weighted by atomic mass is 9.88. The average Bonchev–Trinajstić information content (AvgIpc) is 3.19. The molecule has 1 heterocycles. The van der Waals surface area contributed by atoms with Crippen molar-refractivity contribution in [1.82, 2.24) is 20.1 Å². The van der Waals surface area contributed by atoms with Gasteiger partial charge in [0.25, 0.3) is 0 Å². The molecule has 0 aliphatic heterocycles. The first-order valence-corrected chi connectivity index (χ1v) is 11.7. The van der Waals surface area contributed by atoms with Crippen LogP contribution in [0.4, 0.5) is 0 Å². The lowest BCUT2D eigenvalue weighted by Crippen LogP contribution is -2.32. The van der Waals surface area contributed by atoms with E-state index in [1.54, 1.807) is 7.11 Å². The lowest BCUT2D eigenvalue weighted by molar-refractivity contribution is -0.119. The van der Waals surface area contributed by atoms with Crippen LogP contribution in [0.1, 0.15) is 30.0 Å². The third kappa shape index (κ3) is 5.29. The van der Waals surface area contributed by atoms with Crippen LogP contribution < -0.4 is 5.32 Å². The highest BCUT2D eigenvalue weighted by atomic mass is 35.5. The molecule has 1 amide bonds. The van der Waals surface area contributed by atoms with E-state index in [1.165, 1.54) is 22.9 Å². The van der Waals surface area contributed by atoms with Gasteiger partial charge in [0.15, 0.2) is 11.0 Å². The number of aryl methyl sites for hydroxylation is 1. The molecular formula is C23H25ClN4O2S. The van der Waals surface area contributed by atoms with E-state index in [-0.39, 0.29) is 17.7 Å². The van der Waals surface area contributed by atoms with Gasteiger partial charge in [-0.2, -0.15) is 0 Å². The zero-order valence-electron chi connectivity index (χ0n) is 17.4. The third-order valence-electron chi connectivity index (χ3n) is 5.38. The van der Waals surface area contributed by atoms with E-state index in [0.717, 1.165) is 30.7 Å². The topological polar surface area (TPSA) is 69.0 Å². The number of methoxy groups -OCH3 is 1. The number of ether oxygens (including phenoxy) is 1. The van der Waals surface area contributed by atoms with Gasteiger partial charge in [-0.15, -0.1) is 10.2 Å². The van der Waals surface area contributed by atoms with Crippen LogP contribution in [0.3, 0.4) is 0 Å². The Morgan fingerprint density at radius 2 is 2.03 bits per heavy atom. The lowest BCUT2D eigenvalue weighted by Gasteiger charge is -2.26. The highest BCUT2D eigenvalue weighted by molar-refractivity contribution is 7.99. The van der Waals surface area contributed by atoms with Gasteiger partial charge >= 0.3 is 0 Å². The number of halogens is 1. The first-order valence-electron chi connectivity index (χ1n) is 10.3. The molecule has 31 heavy (non-hydrogen) atoms. The first-order chi connectivity index (χ1) is 15.2. The molecule has 6 nitrogen and oxygen atoms in total. The van der Waals surface area contributed by atoms with Gasteiger partial charge in [0.1, 0.15) is 0 Å². The number of aromatic nitrogens is 3. The van der Waals surface area contributed by atoms with Crippen LogP contribution in [0.5, 0.6) is 0 Å². The summed E-state index contributed by atoms with van der Waals surface area (Å²) >= 11 is 7.40. The average molecular weight is 457 g/mol. The van der Waals surface area contributed by atoms with Crippen molar-refractivity contribution in [1.29, 1.82) is 0 Å². The monoisotopic (exact) mass is 456 g/mol. The Hall–Kier alpha value is -2.35. The molecule has 1 aromatic heterocycles. The largest absolute Gasteiger partial charge is 0.383 e. The van der Waals surface area contributed by atoms with Gasteiger partial charge < -0.3 is 10.1 Å². The zero-order valence-corrected chi connectivity index (χ0v) is 19.0. The standard InChI is InChI=1S/C23H25ClN4O2S/c1-30-14-13-28-22(17-9-11-18(24)12-10-17)26-27-23(28)31-15-21(29)25-20-8-4-6-16-5-2-3-7-19(16)20/h2-3,5,7,9-12,20H,4,6,8,13-15H2,1H3,(H,25,29)/t20-/m1/s1. The van der Waals surface area contributed by atoms with Crippen molar-refractivity contribution in [2.45, 2.75) is 37.0 Å². The number of carbonyl (C=O) groups is 1. The minimum atomic E-state index is 0.000961. The van der Waals surface area contributed by atoms with Crippen molar-refractivity contribution in [3.05, 3.63) is 64.7 Å². The van der Waals surface area contributed by atoms with Crippen molar-refractivity contribution >= 4 is 29.3 Å². The van der Waals surface area contributed by atoms with E-state index >= 15 is 0 Å². The Morgan fingerprint density at radius 3 is 2.84 bits per heavy atom. The highest BCUT2D eigenvalue weighted by Gasteiger charge is 2.22. The van der Waals surface area contributed by atoms with Crippen LogP contribution in [0.2, 0.25) is 5.02 Å². The molecule has 1 N–H and O–H groups in total. The molecule has 4 rings (SSSR count). The molecule has 1 atom stereocenters. The Labute approximate surface area is 191 Å². The van der Waals surface area contributed by atoms with E-state index < -0.39 is 0 Å². The molecule has 162 valence electrons. The molecular weight excluding hydrogens is 432 g/mol. The maximum atomic E-state index is 12.7. The van der Waals surface area contributed by atoms with E-state index in [0.29, 0.717) is 23.3 Å². The van der Waals surface area contributed by atoms with Gasteiger partial charge in [0.05, 0.1) is 24.9 Å². The fourth-order valence-electron chi connectivity index (χ4n) is 3.86. The number of fused-ring (bicyclic) bond motifs is 1. The normalized spacial score (nSPS) is 15.5. The molecule has 1 aliphatic carbocycles. The van der Waals surface area contributed by atoms with Crippen molar-refractivity contribution in [2.24, 2.45) is 0 Å². The fourth-order valence-corrected chi connectivity index (χ4v) is 4.76. The fraction of sp³-hybridized carbons (Fsp3) is 0.348. The minimum absolute atomic E-state index is 0.000961. The maximum absolute atomic E-state index is 12.7. The number of amides is 1. The number of thioether (sulfide) groups is 1. The molecule has 8 heteroatoms. The number of hydrogen-bond acceptors (Lipinski definition) is 5. The molecule has 0 spiro atoms. The van der Waals surface area contributed by atoms with Crippen molar-refractivity contribution in [2.75, 3.05) is 19.5 Å². The SMILES string of the molecule is COCCn1c(SCC(=O)N[C@@H]2CCCc3ccccc32)nnc1-c1ccc(Cl)cc1. The molecule has 1 aliphatic rings. The summed E-state index contributed by atoms with van der Waals surface area (Å²) in [6.45, 7) is 1.12. The Balaban J connectivity index is 1.44. The highest BCUT2D eigenvalue weighted by Crippen LogP contribution is 2.30. The molecule has 0 radical (unpaired) electrons. The van der Waals surface area contributed by atoms with Crippen molar-refractivity contribution in [3.8, 4) is 11.4 Å². The van der Waals surface area contributed by atoms with E-state index in [4.69, 9.17) is 16.3 Å². The van der Waals surface area contributed by atoms with Crippen molar-refractivity contribution < 1.29 is 9.53 Å². The zero-order chi connectivity index (χ0) is 21.6. The van der Waals surface area contributed by atoms with E-state index in [2.05, 4.69) is 33.7 Å². The molecule has 2 aromatic carbocycles. The van der Waals surface area contributed by atoms with Crippen LogP contribution >= 0.6 is 23.4 Å². The second-order valence-electron chi connectivity index (χ2n) is 7.46. The number of hydrogen-bond donors (Lipinski definition) is 1. The van der Waals surface area contributed by atoms with Gasteiger partial charge in [-0.25, -0.2) is 0 Å². The molecule has 0 saturated heterocycles. The molecule has 0 fully saturated rings. The first kappa shape index (κ1) is 21.9. The van der Waals surface area contributed by atoms with Gasteiger partial charge in [-0.1, -0.05) is 47.6 Å². The quantitative estimate of drug-likeness (QED) is 0.504. The van der Waals surface area contributed by atoms with E-state index in [9.17, 15) is 4.79 Å².